The molecule has 1 N–H and O–H groups in total. The van der Waals surface area contributed by atoms with E-state index >= 15 is 0 Å². The SMILES string of the molecule is N#Cc1cc([N+](=O)[O-])ccc1OCC1CCCCN1. The molecule has 0 spiro atoms. The minimum absolute atomic E-state index is 0.0975. The minimum atomic E-state index is -0.521. The number of rotatable bonds is 4. The molecule has 1 fully saturated rings. The van der Waals surface area contributed by atoms with Gasteiger partial charge in [-0.2, -0.15) is 5.26 Å². The molecule has 2 rings (SSSR count). The van der Waals surface area contributed by atoms with E-state index in [1.807, 2.05) is 6.07 Å². The van der Waals surface area contributed by atoms with Crippen molar-refractivity contribution in [3.05, 3.63) is 33.9 Å². The summed E-state index contributed by atoms with van der Waals surface area (Å²) in [6.07, 6.45) is 3.40. The van der Waals surface area contributed by atoms with Gasteiger partial charge < -0.3 is 10.1 Å². The lowest BCUT2D eigenvalue weighted by atomic mass is 10.1. The van der Waals surface area contributed by atoms with Crippen LogP contribution in [-0.4, -0.2) is 24.1 Å². The van der Waals surface area contributed by atoms with Crippen LogP contribution in [0.3, 0.4) is 0 Å². The lowest BCUT2D eigenvalue weighted by molar-refractivity contribution is -0.384. The molecule has 0 aromatic heterocycles. The van der Waals surface area contributed by atoms with Crippen LogP contribution in [0.1, 0.15) is 24.8 Å². The van der Waals surface area contributed by atoms with E-state index in [1.165, 1.54) is 31.0 Å². The van der Waals surface area contributed by atoms with Gasteiger partial charge in [-0.1, -0.05) is 6.42 Å². The topological polar surface area (TPSA) is 88.2 Å². The van der Waals surface area contributed by atoms with Gasteiger partial charge in [0.2, 0.25) is 0 Å². The molecular formula is C13H15N3O3. The van der Waals surface area contributed by atoms with Gasteiger partial charge in [0.25, 0.3) is 5.69 Å². The Kier molecular flexibility index (Phi) is 4.31. The largest absolute Gasteiger partial charge is 0.491 e. The Hall–Kier alpha value is -2.13. The van der Waals surface area contributed by atoms with E-state index in [2.05, 4.69) is 5.32 Å². The van der Waals surface area contributed by atoms with Crippen LogP contribution in [-0.2, 0) is 0 Å². The third-order valence-corrected chi connectivity index (χ3v) is 3.15. The van der Waals surface area contributed by atoms with Crippen molar-refractivity contribution in [3.63, 3.8) is 0 Å². The predicted octanol–water partition coefficient (Wildman–Crippen LogP) is 1.99. The number of hydrogen-bond acceptors (Lipinski definition) is 5. The Morgan fingerprint density at radius 2 is 2.37 bits per heavy atom. The zero-order valence-corrected chi connectivity index (χ0v) is 10.5. The molecule has 1 aromatic rings. The van der Waals surface area contributed by atoms with Crippen molar-refractivity contribution in [2.24, 2.45) is 0 Å². The van der Waals surface area contributed by atoms with E-state index in [9.17, 15) is 10.1 Å². The number of nitrogens with one attached hydrogen (secondary N) is 1. The highest BCUT2D eigenvalue weighted by atomic mass is 16.6. The normalized spacial score (nSPS) is 18.6. The maximum atomic E-state index is 10.6. The van der Waals surface area contributed by atoms with Crippen LogP contribution in [0.5, 0.6) is 5.75 Å². The van der Waals surface area contributed by atoms with Gasteiger partial charge >= 0.3 is 0 Å². The van der Waals surface area contributed by atoms with Crippen molar-refractivity contribution in [2.45, 2.75) is 25.3 Å². The number of hydrogen-bond donors (Lipinski definition) is 1. The molecule has 1 unspecified atom stereocenters. The summed E-state index contributed by atoms with van der Waals surface area (Å²) in [6, 6.07) is 6.29. The zero-order valence-electron chi connectivity index (χ0n) is 10.5. The van der Waals surface area contributed by atoms with Crippen LogP contribution in [0.25, 0.3) is 0 Å². The Morgan fingerprint density at radius 3 is 3.00 bits per heavy atom. The number of nitriles is 1. The molecule has 0 bridgehead atoms. The molecule has 0 saturated carbocycles. The van der Waals surface area contributed by atoms with Crippen molar-refractivity contribution < 1.29 is 9.66 Å². The maximum absolute atomic E-state index is 10.6. The van der Waals surface area contributed by atoms with Gasteiger partial charge in [0.15, 0.2) is 0 Å². The first-order chi connectivity index (χ1) is 9.20. The highest BCUT2D eigenvalue weighted by Crippen LogP contribution is 2.24. The highest BCUT2D eigenvalue weighted by Gasteiger charge is 2.15. The molecule has 1 atom stereocenters. The zero-order chi connectivity index (χ0) is 13.7. The minimum Gasteiger partial charge on any atom is -0.491 e. The summed E-state index contributed by atoms with van der Waals surface area (Å²) in [5, 5.41) is 23.0. The molecule has 0 amide bonds. The van der Waals surface area contributed by atoms with Crippen molar-refractivity contribution in [3.8, 4) is 11.8 Å². The van der Waals surface area contributed by atoms with Crippen molar-refractivity contribution >= 4 is 5.69 Å². The van der Waals surface area contributed by atoms with E-state index in [0.29, 0.717) is 12.4 Å². The lowest BCUT2D eigenvalue weighted by Gasteiger charge is -2.23. The first-order valence-corrected chi connectivity index (χ1v) is 6.25. The summed E-state index contributed by atoms with van der Waals surface area (Å²) in [7, 11) is 0. The molecular weight excluding hydrogens is 246 g/mol. The van der Waals surface area contributed by atoms with Crippen LogP contribution < -0.4 is 10.1 Å². The van der Waals surface area contributed by atoms with Crippen molar-refractivity contribution in [2.75, 3.05) is 13.2 Å². The Labute approximate surface area is 111 Å². The van der Waals surface area contributed by atoms with Crippen LogP contribution in [0, 0.1) is 21.4 Å². The molecule has 0 radical (unpaired) electrons. The van der Waals surface area contributed by atoms with Crippen molar-refractivity contribution in [1.82, 2.24) is 5.32 Å². The fourth-order valence-electron chi connectivity index (χ4n) is 2.10. The average molecular weight is 261 g/mol. The smallest absolute Gasteiger partial charge is 0.271 e. The van der Waals surface area contributed by atoms with Crippen molar-refractivity contribution in [1.29, 1.82) is 5.26 Å². The summed E-state index contributed by atoms with van der Waals surface area (Å²) < 4.78 is 5.59. The van der Waals surface area contributed by atoms with Gasteiger partial charge in [-0.3, -0.25) is 10.1 Å². The number of nitro benzene ring substituents is 1. The molecule has 100 valence electrons. The molecule has 1 aliphatic rings. The second kappa shape index (κ2) is 6.16. The summed E-state index contributed by atoms with van der Waals surface area (Å²) in [5.41, 5.74) is 0.102. The standard InChI is InChI=1S/C13H15N3O3/c14-8-10-7-12(16(17)18)4-5-13(10)19-9-11-3-1-2-6-15-11/h4-5,7,11,15H,1-3,6,9H2. The quantitative estimate of drug-likeness (QED) is 0.661. The van der Waals surface area contributed by atoms with Crippen LogP contribution in [0.15, 0.2) is 18.2 Å². The summed E-state index contributed by atoms with van der Waals surface area (Å²) in [6.45, 7) is 1.46. The fraction of sp³-hybridized carbons (Fsp3) is 0.462. The number of piperidine rings is 1. The van der Waals surface area contributed by atoms with E-state index in [0.717, 1.165) is 13.0 Å². The molecule has 1 aliphatic heterocycles. The van der Waals surface area contributed by atoms with E-state index in [-0.39, 0.29) is 17.3 Å². The van der Waals surface area contributed by atoms with E-state index < -0.39 is 4.92 Å². The van der Waals surface area contributed by atoms with Gasteiger partial charge in [0.05, 0.1) is 4.92 Å². The first kappa shape index (κ1) is 13.3. The van der Waals surface area contributed by atoms with E-state index in [1.54, 1.807) is 0 Å². The summed E-state index contributed by atoms with van der Waals surface area (Å²) in [5.74, 6) is 0.403. The highest BCUT2D eigenvalue weighted by molar-refractivity contribution is 5.50. The number of ether oxygens (including phenoxy) is 1. The van der Waals surface area contributed by atoms with Crippen LogP contribution in [0.2, 0.25) is 0 Å². The number of benzene rings is 1. The predicted molar refractivity (Wildman–Crippen MR) is 68.9 cm³/mol. The van der Waals surface area contributed by atoms with Crippen LogP contribution in [0.4, 0.5) is 5.69 Å². The molecule has 0 aliphatic carbocycles. The van der Waals surface area contributed by atoms with E-state index in [4.69, 9.17) is 10.00 Å². The number of nitrogens with zero attached hydrogens (tertiary/aromatic N) is 2. The second-order valence-electron chi connectivity index (χ2n) is 4.51. The summed E-state index contributed by atoms with van der Waals surface area (Å²) >= 11 is 0. The Balaban J connectivity index is 2.03. The average Bonchev–Trinajstić information content (AvgIpc) is 2.45. The molecule has 1 heterocycles. The number of non-ortho nitro benzene ring substituents is 1. The lowest BCUT2D eigenvalue weighted by Crippen LogP contribution is -2.38. The fourth-order valence-corrected chi connectivity index (χ4v) is 2.10. The second-order valence-corrected chi connectivity index (χ2v) is 4.51. The van der Waals surface area contributed by atoms with Gasteiger partial charge in [0.1, 0.15) is 24.0 Å². The number of nitro groups is 1. The Bertz CT molecular complexity index is 504. The first-order valence-electron chi connectivity index (χ1n) is 6.25. The molecule has 1 saturated heterocycles. The molecule has 6 nitrogen and oxygen atoms in total. The monoisotopic (exact) mass is 261 g/mol. The van der Waals surface area contributed by atoms with Gasteiger partial charge in [-0.15, -0.1) is 0 Å². The van der Waals surface area contributed by atoms with Crippen LogP contribution >= 0.6 is 0 Å². The molecule has 6 heteroatoms. The molecule has 1 aromatic carbocycles. The van der Waals surface area contributed by atoms with Gasteiger partial charge in [-0.25, -0.2) is 0 Å². The van der Waals surface area contributed by atoms with Gasteiger partial charge in [0, 0.05) is 18.2 Å². The third-order valence-electron chi connectivity index (χ3n) is 3.15. The summed E-state index contributed by atoms with van der Waals surface area (Å²) in [4.78, 5) is 10.1. The van der Waals surface area contributed by atoms with Gasteiger partial charge in [-0.05, 0) is 25.5 Å². The maximum Gasteiger partial charge on any atom is 0.271 e. The third kappa shape index (κ3) is 3.42. The Morgan fingerprint density at radius 1 is 1.53 bits per heavy atom. The molecule has 19 heavy (non-hydrogen) atoms.